The van der Waals surface area contributed by atoms with Crippen molar-refractivity contribution in [2.24, 2.45) is 5.92 Å². The standard InChI is InChI=1S/C16H25BrN2O/c1-11(2)18-9-13-4-5-14(8-15(13)17)19-7-6-12(3)16(19)10-20/h4-5,8,11-12,16,18,20H,6-7,9-10H2,1-3H3. The van der Waals surface area contributed by atoms with Crippen LogP contribution in [0.4, 0.5) is 5.69 Å². The van der Waals surface area contributed by atoms with E-state index in [0.717, 1.165) is 24.0 Å². The summed E-state index contributed by atoms with van der Waals surface area (Å²) in [5, 5.41) is 13.0. The number of hydrogen-bond donors (Lipinski definition) is 2. The first-order valence-electron chi connectivity index (χ1n) is 7.42. The van der Waals surface area contributed by atoms with Crippen LogP contribution in [-0.2, 0) is 6.54 Å². The Labute approximate surface area is 130 Å². The van der Waals surface area contributed by atoms with E-state index >= 15 is 0 Å². The van der Waals surface area contributed by atoms with Gasteiger partial charge in [-0.25, -0.2) is 0 Å². The van der Waals surface area contributed by atoms with E-state index in [2.05, 4.69) is 65.1 Å². The van der Waals surface area contributed by atoms with Crippen LogP contribution in [0.1, 0.15) is 32.8 Å². The molecule has 1 fully saturated rings. The summed E-state index contributed by atoms with van der Waals surface area (Å²) in [5.74, 6) is 0.557. The Morgan fingerprint density at radius 2 is 2.20 bits per heavy atom. The van der Waals surface area contributed by atoms with Crippen molar-refractivity contribution in [3.8, 4) is 0 Å². The lowest BCUT2D eigenvalue weighted by Gasteiger charge is -2.28. The predicted octanol–water partition coefficient (Wildman–Crippen LogP) is 3.15. The molecule has 2 N–H and O–H groups in total. The highest BCUT2D eigenvalue weighted by molar-refractivity contribution is 9.10. The zero-order valence-corrected chi connectivity index (χ0v) is 14.2. The second kappa shape index (κ2) is 6.92. The normalized spacial score (nSPS) is 22.8. The van der Waals surface area contributed by atoms with E-state index in [-0.39, 0.29) is 12.6 Å². The number of aliphatic hydroxyl groups is 1. The summed E-state index contributed by atoms with van der Waals surface area (Å²) in [6.45, 7) is 8.66. The fraction of sp³-hybridized carbons (Fsp3) is 0.625. The minimum atomic E-state index is 0.232. The van der Waals surface area contributed by atoms with E-state index in [1.54, 1.807) is 0 Å². The van der Waals surface area contributed by atoms with E-state index in [1.807, 2.05) is 0 Å². The van der Waals surface area contributed by atoms with Gasteiger partial charge in [0.2, 0.25) is 0 Å². The summed E-state index contributed by atoms with van der Waals surface area (Å²) in [6, 6.07) is 7.26. The van der Waals surface area contributed by atoms with E-state index in [9.17, 15) is 5.11 Å². The number of aliphatic hydroxyl groups excluding tert-OH is 1. The molecule has 0 radical (unpaired) electrons. The second-order valence-electron chi connectivity index (χ2n) is 6.02. The van der Waals surface area contributed by atoms with Crippen LogP contribution < -0.4 is 10.2 Å². The predicted molar refractivity (Wildman–Crippen MR) is 88.1 cm³/mol. The molecule has 2 atom stereocenters. The molecule has 3 nitrogen and oxygen atoms in total. The topological polar surface area (TPSA) is 35.5 Å². The van der Waals surface area contributed by atoms with Gasteiger partial charge in [0.15, 0.2) is 0 Å². The fourth-order valence-electron chi connectivity index (χ4n) is 2.78. The Hall–Kier alpha value is -0.580. The van der Waals surface area contributed by atoms with E-state index in [0.29, 0.717) is 12.0 Å². The van der Waals surface area contributed by atoms with Crippen LogP contribution >= 0.6 is 15.9 Å². The van der Waals surface area contributed by atoms with Gasteiger partial charge in [-0.15, -0.1) is 0 Å². The van der Waals surface area contributed by atoms with Crippen molar-refractivity contribution in [1.29, 1.82) is 0 Å². The number of hydrogen-bond acceptors (Lipinski definition) is 3. The van der Waals surface area contributed by atoms with Gasteiger partial charge in [-0.3, -0.25) is 0 Å². The minimum absolute atomic E-state index is 0.232. The number of nitrogens with one attached hydrogen (secondary N) is 1. The van der Waals surface area contributed by atoms with Crippen LogP contribution in [0.2, 0.25) is 0 Å². The molecule has 0 spiro atoms. The van der Waals surface area contributed by atoms with Crippen molar-refractivity contribution in [2.45, 2.75) is 45.8 Å². The van der Waals surface area contributed by atoms with Gasteiger partial charge in [-0.1, -0.05) is 42.8 Å². The molecule has 0 aromatic heterocycles. The fourth-order valence-corrected chi connectivity index (χ4v) is 3.29. The lowest BCUT2D eigenvalue weighted by molar-refractivity contribution is 0.245. The Kier molecular flexibility index (Phi) is 5.47. The number of benzene rings is 1. The molecule has 2 unspecified atom stereocenters. The van der Waals surface area contributed by atoms with Crippen molar-refractivity contribution in [3.05, 3.63) is 28.2 Å². The van der Waals surface area contributed by atoms with Crippen molar-refractivity contribution in [1.82, 2.24) is 5.32 Å². The first-order valence-corrected chi connectivity index (χ1v) is 8.21. The highest BCUT2D eigenvalue weighted by Crippen LogP contribution is 2.32. The van der Waals surface area contributed by atoms with Gasteiger partial charge < -0.3 is 15.3 Å². The Bertz CT molecular complexity index is 450. The maximum absolute atomic E-state index is 9.57. The lowest BCUT2D eigenvalue weighted by Crippen LogP contribution is -2.35. The molecule has 1 aliphatic rings. The third-order valence-electron chi connectivity index (χ3n) is 4.14. The summed E-state index contributed by atoms with van der Waals surface area (Å²) in [6.07, 6.45) is 1.15. The third-order valence-corrected chi connectivity index (χ3v) is 4.88. The summed E-state index contributed by atoms with van der Waals surface area (Å²) in [4.78, 5) is 2.33. The second-order valence-corrected chi connectivity index (χ2v) is 6.87. The molecule has 4 heteroatoms. The molecule has 1 aromatic rings. The zero-order valence-electron chi connectivity index (χ0n) is 12.6. The average Bonchev–Trinajstić information content (AvgIpc) is 2.78. The minimum Gasteiger partial charge on any atom is -0.394 e. The first kappa shape index (κ1) is 15.8. The van der Waals surface area contributed by atoms with Crippen molar-refractivity contribution in [2.75, 3.05) is 18.1 Å². The van der Waals surface area contributed by atoms with Crippen LogP contribution in [-0.4, -0.2) is 30.3 Å². The molecule has 1 aliphatic heterocycles. The molecular weight excluding hydrogens is 316 g/mol. The summed E-state index contributed by atoms with van der Waals surface area (Å²) in [7, 11) is 0. The van der Waals surface area contributed by atoms with Gasteiger partial charge in [-0.2, -0.15) is 0 Å². The molecule has 20 heavy (non-hydrogen) atoms. The number of anilines is 1. The summed E-state index contributed by atoms with van der Waals surface area (Å²) >= 11 is 3.67. The summed E-state index contributed by atoms with van der Waals surface area (Å²) < 4.78 is 1.14. The quantitative estimate of drug-likeness (QED) is 0.864. The molecule has 112 valence electrons. The maximum atomic E-state index is 9.57. The van der Waals surface area contributed by atoms with Gasteiger partial charge in [0, 0.05) is 29.3 Å². The molecular formula is C16H25BrN2O. The Balaban J connectivity index is 2.12. The average molecular weight is 341 g/mol. The zero-order chi connectivity index (χ0) is 14.7. The molecule has 2 rings (SSSR count). The lowest BCUT2D eigenvalue weighted by atomic mass is 10.0. The van der Waals surface area contributed by atoms with Crippen molar-refractivity contribution < 1.29 is 5.11 Å². The van der Waals surface area contributed by atoms with Crippen LogP contribution in [0.5, 0.6) is 0 Å². The molecule has 0 aliphatic carbocycles. The molecule has 1 heterocycles. The van der Waals surface area contributed by atoms with Gasteiger partial charge >= 0.3 is 0 Å². The molecule has 1 aromatic carbocycles. The van der Waals surface area contributed by atoms with Gasteiger partial charge in [0.05, 0.1) is 12.6 Å². The van der Waals surface area contributed by atoms with Crippen LogP contribution in [0.15, 0.2) is 22.7 Å². The van der Waals surface area contributed by atoms with Crippen LogP contribution in [0.3, 0.4) is 0 Å². The summed E-state index contributed by atoms with van der Waals surface area (Å²) in [5.41, 5.74) is 2.48. The monoisotopic (exact) mass is 340 g/mol. The van der Waals surface area contributed by atoms with Crippen molar-refractivity contribution >= 4 is 21.6 Å². The van der Waals surface area contributed by atoms with Gasteiger partial charge in [-0.05, 0) is 30.0 Å². The van der Waals surface area contributed by atoms with Gasteiger partial charge in [0.1, 0.15) is 0 Å². The van der Waals surface area contributed by atoms with E-state index in [4.69, 9.17) is 0 Å². The third kappa shape index (κ3) is 3.54. The molecule has 0 bridgehead atoms. The Morgan fingerprint density at radius 3 is 2.80 bits per heavy atom. The molecule has 0 saturated carbocycles. The highest BCUT2D eigenvalue weighted by atomic mass is 79.9. The molecule has 1 saturated heterocycles. The van der Waals surface area contributed by atoms with E-state index < -0.39 is 0 Å². The molecule has 0 amide bonds. The SMILES string of the molecule is CC(C)NCc1ccc(N2CCC(C)C2CO)cc1Br. The smallest absolute Gasteiger partial charge is 0.0637 e. The van der Waals surface area contributed by atoms with Crippen LogP contribution in [0.25, 0.3) is 0 Å². The maximum Gasteiger partial charge on any atom is 0.0637 e. The van der Waals surface area contributed by atoms with E-state index in [1.165, 1.54) is 11.3 Å². The number of nitrogens with zero attached hydrogens (tertiary/aromatic N) is 1. The first-order chi connectivity index (χ1) is 9.52. The number of halogens is 1. The Morgan fingerprint density at radius 1 is 1.45 bits per heavy atom. The largest absolute Gasteiger partial charge is 0.394 e. The number of rotatable bonds is 5. The van der Waals surface area contributed by atoms with Crippen molar-refractivity contribution in [3.63, 3.8) is 0 Å². The van der Waals surface area contributed by atoms with Gasteiger partial charge in [0.25, 0.3) is 0 Å². The van der Waals surface area contributed by atoms with Crippen LogP contribution in [0, 0.1) is 5.92 Å². The highest BCUT2D eigenvalue weighted by Gasteiger charge is 2.30.